The van der Waals surface area contributed by atoms with Crippen LogP contribution in [0.2, 0.25) is 0 Å². The Kier molecular flexibility index (Phi) is 2.26. The van der Waals surface area contributed by atoms with Gasteiger partial charge in [-0.1, -0.05) is 12.1 Å². The molecule has 1 amide bonds. The van der Waals surface area contributed by atoms with Crippen LogP contribution in [-0.4, -0.2) is 20.1 Å². The molecule has 1 aliphatic rings. The van der Waals surface area contributed by atoms with Crippen molar-refractivity contribution in [1.29, 1.82) is 0 Å². The first-order valence-electron chi connectivity index (χ1n) is 4.63. The topological polar surface area (TPSA) is 63.2 Å². The smallest absolute Gasteiger partial charge is 0.225 e. The van der Waals surface area contributed by atoms with Gasteiger partial charge < -0.3 is 5.32 Å². The Hall–Kier alpha value is -1.36. The molecule has 0 spiro atoms. The lowest BCUT2D eigenvalue weighted by molar-refractivity contribution is -0.115. The lowest BCUT2D eigenvalue weighted by Gasteiger charge is -2.08. The molecule has 80 valence electrons. The van der Waals surface area contributed by atoms with E-state index in [4.69, 9.17) is 0 Å². The molecule has 2 rings (SSSR count). The lowest BCUT2D eigenvalue weighted by atomic mass is 10.2. The van der Waals surface area contributed by atoms with Crippen molar-refractivity contribution in [2.75, 3.05) is 11.1 Å². The Morgan fingerprint density at radius 2 is 2.07 bits per heavy atom. The van der Waals surface area contributed by atoms with Crippen LogP contribution < -0.4 is 5.32 Å². The Morgan fingerprint density at radius 3 is 2.80 bits per heavy atom. The molecule has 1 aromatic carbocycles. The molecule has 1 aliphatic heterocycles. The second-order valence-corrected chi connectivity index (χ2v) is 5.61. The van der Waals surface area contributed by atoms with E-state index >= 15 is 0 Å². The molecule has 0 saturated heterocycles. The van der Waals surface area contributed by atoms with Crippen LogP contribution in [0.25, 0.3) is 0 Å². The molecule has 0 aliphatic carbocycles. The molecular formula is C10H11NO3S. The quantitative estimate of drug-likeness (QED) is 0.719. The van der Waals surface area contributed by atoms with Crippen LogP contribution in [-0.2, 0) is 14.6 Å². The molecule has 0 aromatic heterocycles. The summed E-state index contributed by atoms with van der Waals surface area (Å²) < 4.78 is 23.7. The van der Waals surface area contributed by atoms with E-state index in [1.165, 1.54) is 0 Å². The summed E-state index contributed by atoms with van der Waals surface area (Å²) in [6, 6.07) is 5.08. The second kappa shape index (κ2) is 3.34. The van der Waals surface area contributed by atoms with Gasteiger partial charge in [0.1, 0.15) is 0 Å². The highest BCUT2D eigenvalue weighted by Crippen LogP contribution is 2.28. The summed E-state index contributed by atoms with van der Waals surface area (Å²) >= 11 is 0. The minimum atomic E-state index is -3.33. The molecule has 0 bridgehead atoms. The Labute approximate surface area is 88.2 Å². The molecule has 0 radical (unpaired) electrons. The maximum Gasteiger partial charge on any atom is 0.225 e. The number of rotatable bonds is 0. The molecule has 1 heterocycles. The average molecular weight is 225 g/mol. The van der Waals surface area contributed by atoms with Crippen LogP contribution >= 0.6 is 0 Å². The zero-order valence-corrected chi connectivity index (χ0v) is 9.10. The highest BCUT2D eigenvalue weighted by Gasteiger charge is 2.26. The van der Waals surface area contributed by atoms with Crippen molar-refractivity contribution in [3.63, 3.8) is 0 Å². The fraction of sp³-hybridized carbons (Fsp3) is 0.300. The molecule has 0 unspecified atom stereocenters. The molecule has 0 fully saturated rings. The van der Waals surface area contributed by atoms with Crippen LogP contribution in [0.1, 0.15) is 12.0 Å². The highest BCUT2D eigenvalue weighted by molar-refractivity contribution is 7.91. The van der Waals surface area contributed by atoms with Crippen molar-refractivity contribution in [3.8, 4) is 0 Å². The number of sulfone groups is 1. The van der Waals surface area contributed by atoms with Gasteiger partial charge >= 0.3 is 0 Å². The van der Waals surface area contributed by atoms with Gasteiger partial charge in [-0.05, 0) is 18.6 Å². The van der Waals surface area contributed by atoms with Gasteiger partial charge in [0.05, 0.1) is 16.3 Å². The van der Waals surface area contributed by atoms with Gasteiger partial charge in [-0.2, -0.15) is 0 Å². The molecule has 0 atom stereocenters. The second-order valence-electron chi connectivity index (χ2n) is 3.57. The Balaban J connectivity index is 2.72. The number of benzene rings is 1. The van der Waals surface area contributed by atoms with Crippen LogP contribution in [0.5, 0.6) is 0 Å². The average Bonchev–Trinajstić information content (AvgIpc) is 2.25. The van der Waals surface area contributed by atoms with E-state index in [9.17, 15) is 13.2 Å². The summed E-state index contributed by atoms with van der Waals surface area (Å²) in [7, 11) is -3.33. The number of carbonyl (C=O) groups is 1. The van der Waals surface area contributed by atoms with E-state index in [1.54, 1.807) is 25.1 Å². The highest BCUT2D eigenvalue weighted by atomic mass is 32.2. The van der Waals surface area contributed by atoms with Gasteiger partial charge in [-0.3, -0.25) is 4.79 Å². The number of anilines is 1. The van der Waals surface area contributed by atoms with Crippen molar-refractivity contribution in [2.24, 2.45) is 0 Å². The normalized spacial score (nSPS) is 18.9. The monoisotopic (exact) mass is 225 g/mol. The van der Waals surface area contributed by atoms with Gasteiger partial charge in [-0.25, -0.2) is 8.42 Å². The SMILES string of the molecule is Cc1cccc2c1S(=O)(=O)CCC(=O)N2. The number of amides is 1. The molecule has 0 saturated carbocycles. The summed E-state index contributed by atoms with van der Waals surface area (Å²) in [5, 5.41) is 2.60. The number of nitrogens with one attached hydrogen (secondary N) is 1. The van der Waals surface area contributed by atoms with Crippen LogP contribution in [0.3, 0.4) is 0 Å². The van der Waals surface area contributed by atoms with Gasteiger partial charge in [0.15, 0.2) is 9.84 Å². The molecular weight excluding hydrogens is 214 g/mol. The Bertz CT molecular complexity index is 519. The Morgan fingerprint density at radius 1 is 1.33 bits per heavy atom. The van der Waals surface area contributed by atoms with Crippen LogP contribution in [0.4, 0.5) is 5.69 Å². The molecule has 4 nitrogen and oxygen atoms in total. The third-order valence-electron chi connectivity index (χ3n) is 2.39. The van der Waals surface area contributed by atoms with Crippen LogP contribution in [0.15, 0.2) is 23.1 Å². The van der Waals surface area contributed by atoms with E-state index < -0.39 is 9.84 Å². The zero-order valence-electron chi connectivity index (χ0n) is 8.28. The van der Waals surface area contributed by atoms with Gasteiger partial charge in [-0.15, -0.1) is 0 Å². The van der Waals surface area contributed by atoms with Gasteiger partial charge in [0, 0.05) is 6.42 Å². The number of carbonyl (C=O) groups excluding carboxylic acids is 1. The number of hydrogen-bond donors (Lipinski definition) is 1. The zero-order chi connectivity index (χ0) is 11.1. The van der Waals surface area contributed by atoms with E-state index in [2.05, 4.69) is 5.32 Å². The fourth-order valence-electron chi connectivity index (χ4n) is 1.71. The maximum atomic E-state index is 11.9. The molecule has 1 aromatic rings. The lowest BCUT2D eigenvalue weighted by Crippen LogP contribution is -2.10. The molecule has 15 heavy (non-hydrogen) atoms. The van der Waals surface area contributed by atoms with Crippen molar-refractivity contribution in [3.05, 3.63) is 23.8 Å². The summed E-state index contributed by atoms with van der Waals surface area (Å²) in [5.74, 6) is -0.362. The van der Waals surface area contributed by atoms with Crippen molar-refractivity contribution in [2.45, 2.75) is 18.2 Å². The summed E-state index contributed by atoms with van der Waals surface area (Å²) in [6.45, 7) is 1.73. The number of aryl methyl sites for hydroxylation is 1. The van der Waals surface area contributed by atoms with Crippen molar-refractivity contribution in [1.82, 2.24) is 0 Å². The molecule has 1 N–H and O–H groups in total. The van der Waals surface area contributed by atoms with Gasteiger partial charge in [0.25, 0.3) is 0 Å². The third-order valence-corrected chi connectivity index (χ3v) is 4.30. The van der Waals surface area contributed by atoms with Gasteiger partial charge in [0.2, 0.25) is 5.91 Å². The predicted octanol–water partition coefficient (Wildman–Crippen LogP) is 1.11. The first kappa shape index (κ1) is 10.2. The molecule has 5 heteroatoms. The first-order chi connectivity index (χ1) is 7.00. The first-order valence-corrected chi connectivity index (χ1v) is 6.28. The minimum Gasteiger partial charge on any atom is -0.325 e. The van der Waals surface area contributed by atoms with E-state index in [1.807, 2.05) is 0 Å². The van der Waals surface area contributed by atoms with E-state index in [0.717, 1.165) is 0 Å². The minimum absolute atomic E-state index is 0.0243. The van der Waals surface area contributed by atoms with Crippen LogP contribution in [0, 0.1) is 6.92 Å². The number of hydrogen-bond acceptors (Lipinski definition) is 3. The maximum absolute atomic E-state index is 11.9. The predicted molar refractivity (Wildman–Crippen MR) is 56.5 cm³/mol. The van der Waals surface area contributed by atoms with Crippen molar-refractivity contribution >= 4 is 21.4 Å². The van der Waals surface area contributed by atoms with E-state index in [0.29, 0.717) is 11.3 Å². The summed E-state index contributed by atoms with van der Waals surface area (Å²) in [5.41, 5.74) is 1.08. The van der Waals surface area contributed by atoms with E-state index in [-0.39, 0.29) is 23.0 Å². The largest absolute Gasteiger partial charge is 0.325 e. The summed E-state index contributed by atoms with van der Waals surface area (Å²) in [4.78, 5) is 11.5. The number of fused-ring (bicyclic) bond motifs is 1. The fourth-order valence-corrected chi connectivity index (χ4v) is 3.38. The third kappa shape index (κ3) is 1.74. The summed E-state index contributed by atoms with van der Waals surface area (Å²) in [6.07, 6.45) is 0.0243. The standard InChI is InChI=1S/C10H11NO3S/c1-7-3-2-4-8-10(7)15(13,14)6-5-9(12)11-8/h2-4H,5-6H2,1H3,(H,11,12). The van der Waals surface area contributed by atoms with Crippen molar-refractivity contribution < 1.29 is 13.2 Å².